The molecule has 0 N–H and O–H groups in total. The summed E-state index contributed by atoms with van der Waals surface area (Å²) >= 11 is 0. The van der Waals surface area contributed by atoms with Crippen molar-refractivity contribution in [2.75, 3.05) is 32.8 Å². The lowest BCUT2D eigenvalue weighted by molar-refractivity contribution is 0.0629. The van der Waals surface area contributed by atoms with Crippen molar-refractivity contribution in [1.29, 1.82) is 0 Å². The summed E-state index contributed by atoms with van der Waals surface area (Å²) in [7, 11) is 0. The fourth-order valence-corrected chi connectivity index (χ4v) is 2.54. The van der Waals surface area contributed by atoms with Gasteiger partial charge in [-0.15, -0.1) is 0 Å². The number of carbonyl (C=O) groups excluding carboxylic acids is 1. The van der Waals surface area contributed by atoms with Crippen molar-refractivity contribution in [1.82, 2.24) is 19.9 Å². The quantitative estimate of drug-likeness (QED) is 0.802. The Balaban J connectivity index is 1.85. The standard InChI is InChI=1S/C15H26N4O3/c1-4-6-7-13-16-14(22-17-13)12(3)18-8-10-19(11-9-18)15(20)21-5-2/h12H,4-11H2,1-3H3. The molecule has 1 aromatic heterocycles. The van der Waals surface area contributed by atoms with Gasteiger partial charge in [0, 0.05) is 32.6 Å². The van der Waals surface area contributed by atoms with Gasteiger partial charge in [-0.25, -0.2) is 4.79 Å². The van der Waals surface area contributed by atoms with Crippen molar-refractivity contribution in [3.05, 3.63) is 11.7 Å². The number of amides is 1. The molecule has 7 heteroatoms. The molecule has 1 fully saturated rings. The summed E-state index contributed by atoms with van der Waals surface area (Å²) in [6.07, 6.45) is 2.83. The summed E-state index contributed by atoms with van der Waals surface area (Å²) in [5, 5.41) is 4.04. The van der Waals surface area contributed by atoms with E-state index in [1.165, 1.54) is 0 Å². The summed E-state index contributed by atoms with van der Waals surface area (Å²) in [6, 6.07) is 0.0761. The van der Waals surface area contributed by atoms with Gasteiger partial charge in [0.15, 0.2) is 5.82 Å². The highest BCUT2D eigenvalue weighted by Crippen LogP contribution is 2.20. The van der Waals surface area contributed by atoms with Crippen LogP contribution in [0.25, 0.3) is 0 Å². The third kappa shape index (κ3) is 4.19. The van der Waals surface area contributed by atoms with Crippen LogP contribution in [0.4, 0.5) is 4.79 Å². The van der Waals surface area contributed by atoms with E-state index >= 15 is 0 Å². The number of ether oxygens (including phenoxy) is 1. The highest BCUT2D eigenvalue weighted by Gasteiger charge is 2.27. The number of aryl methyl sites for hydroxylation is 1. The average molecular weight is 310 g/mol. The zero-order valence-corrected chi connectivity index (χ0v) is 13.7. The maximum atomic E-state index is 11.7. The van der Waals surface area contributed by atoms with Crippen molar-refractivity contribution in [3.63, 3.8) is 0 Å². The number of aromatic nitrogens is 2. The van der Waals surface area contributed by atoms with Crippen LogP contribution in [0.3, 0.4) is 0 Å². The summed E-state index contributed by atoms with van der Waals surface area (Å²) in [5.41, 5.74) is 0. The van der Waals surface area contributed by atoms with E-state index in [1.54, 1.807) is 4.90 Å². The lowest BCUT2D eigenvalue weighted by Crippen LogP contribution is -2.49. The number of hydrogen-bond acceptors (Lipinski definition) is 6. The molecule has 0 saturated carbocycles. The van der Waals surface area contributed by atoms with Crippen LogP contribution in [0.15, 0.2) is 4.52 Å². The predicted molar refractivity (Wildman–Crippen MR) is 81.5 cm³/mol. The van der Waals surface area contributed by atoms with Crippen LogP contribution in [-0.4, -0.2) is 58.8 Å². The second kappa shape index (κ2) is 8.12. The maximum absolute atomic E-state index is 11.7. The molecule has 1 aliphatic rings. The molecular formula is C15H26N4O3. The Kier molecular flexibility index (Phi) is 6.18. The second-order valence-corrected chi connectivity index (χ2v) is 5.55. The van der Waals surface area contributed by atoms with E-state index in [1.807, 2.05) is 6.92 Å². The van der Waals surface area contributed by atoms with Gasteiger partial charge in [-0.2, -0.15) is 4.98 Å². The Hall–Kier alpha value is -1.63. The molecule has 2 rings (SSSR count). The molecule has 1 aromatic rings. The Bertz CT molecular complexity index is 469. The first-order chi connectivity index (χ1) is 10.7. The number of unbranched alkanes of at least 4 members (excludes halogenated alkanes) is 1. The van der Waals surface area contributed by atoms with Crippen LogP contribution in [0, 0.1) is 0 Å². The van der Waals surface area contributed by atoms with E-state index in [-0.39, 0.29) is 12.1 Å². The molecule has 1 unspecified atom stereocenters. The number of nitrogens with zero attached hydrogens (tertiary/aromatic N) is 4. The van der Waals surface area contributed by atoms with E-state index in [4.69, 9.17) is 9.26 Å². The van der Waals surface area contributed by atoms with E-state index in [9.17, 15) is 4.79 Å². The van der Waals surface area contributed by atoms with Crippen molar-refractivity contribution in [2.24, 2.45) is 0 Å². The monoisotopic (exact) mass is 310 g/mol. The summed E-state index contributed by atoms with van der Waals surface area (Å²) in [5.74, 6) is 1.45. The maximum Gasteiger partial charge on any atom is 0.409 e. The Morgan fingerprint density at radius 2 is 2.05 bits per heavy atom. The summed E-state index contributed by atoms with van der Waals surface area (Å²) in [4.78, 5) is 20.2. The molecule has 1 atom stereocenters. The van der Waals surface area contributed by atoms with Crippen LogP contribution in [-0.2, 0) is 11.2 Å². The molecule has 0 spiro atoms. The van der Waals surface area contributed by atoms with Gasteiger partial charge in [-0.3, -0.25) is 4.90 Å². The molecule has 0 bridgehead atoms. The number of carbonyl (C=O) groups is 1. The topological polar surface area (TPSA) is 71.7 Å². The lowest BCUT2D eigenvalue weighted by atomic mass is 10.2. The summed E-state index contributed by atoms with van der Waals surface area (Å²) in [6.45, 7) is 9.35. The van der Waals surface area contributed by atoms with Gasteiger partial charge in [0.05, 0.1) is 12.6 Å². The lowest BCUT2D eigenvalue weighted by Gasteiger charge is -2.36. The van der Waals surface area contributed by atoms with E-state index < -0.39 is 0 Å². The van der Waals surface area contributed by atoms with Gasteiger partial charge in [0.25, 0.3) is 0 Å². The van der Waals surface area contributed by atoms with Crippen molar-refractivity contribution >= 4 is 6.09 Å². The van der Waals surface area contributed by atoms with Crippen LogP contribution < -0.4 is 0 Å². The number of piperazine rings is 1. The Morgan fingerprint density at radius 1 is 1.32 bits per heavy atom. The SMILES string of the molecule is CCCCc1noc(C(C)N2CCN(C(=O)OCC)CC2)n1. The molecule has 22 heavy (non-hydrogen) atoms. The molecule has 124 valence electrons. The average Bonchev–Trinajstić information content (AvgIpc) is 3.01. The first-order valence-corrected chi connectivity index (χ1v) is 8.13. The third-order valence-electron chi connectivity index (χ3n) is 3.98. The van der Waals surface area contributed by atoms with Crippen molar-refractivity contribution in [3.8, 4) is 0 Å². The highest BCUT2D eigenvalue weighted by molar-refractivity contribution is 5.67. The molecule has 2 heterocycles. The molecule has 7 nitrogen and oxygen atoms in total. The molecule has 0 aliphatic carbocycles. The molecular weight excluding hydrogens is 284 g/mol. The van der Waals surface area contributed by atoms with Crippen LogP contribution in [0.2, 0.25) is 0 Å². The molecule has 0 radical (unpaired) electrons. The fourth-order valence-electron chi connectivity index (χ4n) is 2.54. The van der Waals surface area contributed by atoms with Gasteiger partial charge in [-0.1, -0.05) is 18.5 Å². The molecule has 1 saturated heterocycles. The molecule has 1 amide bonds. The zero-order chi connectivity index (χ0) is 15.9. The minimum atomic E-state index is -0.227. The second-order valence-electron chi connectivity index (χ2n) is 5.55. The first kappa shape index (κ1) is 16.7. The van der Waals surface area contributed by atoms with Gasteiger partial charge < -0.3 is 14.2 Å². The fraction of sp³-hybridized carbons (Fsp3) is 0.800. The van der Waals surface area contributed by atoms with Crippen molar-refractivity contribution in [2.45, 2.75) is 46.1 Å². The van der Waals surface area contributed by atoms with Gasteiger partial charge in [0.2, 0.25) is 5.89 Å². The molecule has 1 aliphatic heterocycles. The summed E-state index contributed by atoms with van der Waals surface area (Å²) < 4.78 is 10.4. The Labute approximate surface area is 131 Å². The van der Waals surface area contributed by atoms with Gasteiger partial charge in [-0.05, 0) is 20.3 Å². The smallest absolute Gasteiger partial charge is 0.409 e. The Morgan fingerprint density at radius 3 is 2.68 bits per heavy atom. The van der Waals surface area contributed by atoms with E-state index in [0.717, 1.165) is 38.2 Å². The zero-order valence-electron chi connectivity index (χ0n) is 13.7. The van der Waals surface area contributed by atoms with Gasteiger partial charge >= 0.3 is 6.09 Å². The largest absolute Gasteiger partial charge is 0.450 e. The first-order valence-electron chi connectivity index (χ1n) is 8.13. The predicted octanol–water partition coefficient (Wildman–Crippen LogP) is 2.25. The van der Waals surface area contributed by atoms with E-state index in [0.29, 0.717) is 25.6 Å². The minimum Gasteiger partial charge on any atom is -0.450 e. The normalized spacial score (nSPS) is 17.5. The molecule has 0 aromatic carbocycles. The van der Waals surface area contributed by atoms with E-state index in [2.05, 4.69) is 28.9 Å². The van der Waals surface area contributed by atoms with Crippen LogP contribution in [0.1, 0.15) is 51.4 Å². The number of hydrogen-bond donors (Lipinski definition) is 0. The van der Waals surface area contributed by atoms with Crippen molar-refractivity contribution < 1.29 is 14.1 Å². The van der Waals surface area contributed by atoms with Gasteiger partial charge in [0.1, 0.15) is 0 Å². The van der Waals surface area contributed by atoms with Crippen LogP contribution >= 0.6 is 0 Å². The third-order valence-corrected chi connectivity index (χ3v) is 3.98. The number of rotatable bonds is 6. The van der Waals surface area contributed by atoms with Crippen LogP contribution in [0.5, 0.6) is 0 Å². The minimum absolute atomic E-state index is 0.0761. The highest BCUT2D eigenvalue weighted by atomic mass is 16.6.